The van der Waals surface area contributed by atoms with Gasteiger partial charge < -0.3 is 14.7 Å². The van der Waals surface area contributed by atoms with E-state index in [1.807, 2.05) is 4.90 Å². The molecule has 0 spiro atoms. The van der Waals surface area contributed by atoms with E-state index in [4.69, 9.17) is 9.84 Å². The number of carbonyl (C=O) groups excluding carboxylic acids is 1. The van der Waals surface area contributed by atoms with Crippen molar-refractivity contribution in [3.8, 4) is 0 Å². The van der Waals surface area contributed by atoms with E-state index in [-0.39, 0.29) is 11.5 Å². The second kappa shape index (κ2) is 6.33. The van der Waals surface area contributed by atoms with Gasteiger partial charge in [-0.2, -0.15) is 0 Å². The molecular weight excluding hydrogens is 246 g/mol. The van der Waals surface area contributed by atoms with Crippen molar-refractivity contribution < 1.29 is 19.4 Å². The summed E-state index contributed by atoms with van der Waals surface area (Å²) in [7, 11) is 0. The predicted octanol–water partition coefficient (Wildman–Crippen LogP) is 1.18. The fraction of sp³-hybridized carbons (Fsp3) is 0.429. The minimum atomic E-state index is -0.934. The summed E-state index contributed by atoms with van der Waals surface area (Å²) in [4.78, 5) is 24.4. The van der Waals surface area contributed by atoms with Gasteiger partial charge in [-0.3, -0.25) is 4.79 Å². The highest BCUT2D eigenvalue weighted by atomic mass is 16.5. The molecule has 0 saturated carbocycles. The third-order valence-electron chi connectivity index (χ3n) is 3.19. The Morgan fingerprint density at radius 3 is 2.37 bits per heavy atom. The van der Waals surface area contributed by atoms with Crippen LogP contribution in [0.5, 0.6) is 0 Å². The van der Waals surface area contributed by atoms with Crippen molar-refractivity contribution in [2.45, 2.75) is 12.8 Å². The molecule has 1 aromatic carbocycles. The predicted molar refractivity (Wildman–Crippen MR) is 69.1 cm³/mol. The lowest BCUT2D eigenvalue weighted by atomic mass is 10.1. The molecule has 19 heavy (non-hydrogen) atoms. The van der Waals surface area contributed by atoms with Gasteiger partial charge in [0.15, 0.2) is 0 Å². The number of ether oxygens (including phenoxy) is 1. The molecule has 1 heterocycles. The lowest BCUT2D eigenvalue weighted by Gasteiger charge is -2.26. The second-order valence-electron chi connectivity index (χ2n) is 4.50. The summed E-state index contributed by atoms with van der Waals surface area (Å²) >= 11 is 0. The summed E-state index contributed by atoms with van der Waals surface area (Å²) in [5.74, 6) is -0.804. The number of rotatable bonds is 4. The van der Waals surface area contributed by atoms with E-state index in [0.717, 1.165) is 5.56 Å². The Hall–Kier alpha value is -1.88. The number of carbonyl (C=O) groups is 2. The second-order valence-corrected chi connectivity index (χ2v) is 4.50. The van der Waals surface area contributed by atoms with Crippen molar-refractivity contribution in [3.05, 3.63) is 35.4 Å². The summed E-state index contributed by atoms with van der Waals surface area (Å²) in [6, 6.07) is 6.65. The maximum Gasteiger partial charge on any atom is 0.335 e. The van der Waals surface area contributed by atoms with Crippen LogP contribution in [0, 0.1) is 0 Å². The lowest BCUT2D eigenvalue weighted by molar-refractivity contribution is -0.135. The van der Waals surface area contributed by atoms with Crippen LogP contribution in [0.4, 0.5) is 0 Å². The number of aromatic carboxylic acids is 1. The normalized spacial score (nSPS) is 15.3. The van der Waals surface area contributed by atoms with Crippen molar-refractivity contribution in [2.24, 2.45) is 0 Å². The maximum atomic E-state index is 11.9. The molecule has 1 aromatic rings. The number of hydrogen-bond donors (Lipinski definition) is 1. The van der Waals surface area contributed by atoms with E-state index >= 15 is 0 Å². The average molecular weight is 263 g/mol. The molecule has 0 radical (unpaired) electrons. The fourth-order valence-corrected chi connectivity index (χ4v) is 2.04. The highest BCUT2D eigenvalue weighted by Crippen LogP contribution is 2.09. The van der Waals surface area contributed by atoms with Crippen LogP contribution in [0.15, 0.2) is 24.3 Å². The van der Waals surface area contributed by atoms with Gasteiger partial charge in [-0.1, -0.05) is 12.1 Å². The van der Waals surface area contributed by atoms with Crippen molar-refractivity contribution in [3.63, 3.8) is 0 Å². The Balaban J connectivity index is 1.84. The number of carboxylic acid groups (broad SMARTS) is 1. The van der Waals surface area contributed by atoms with Crippen LogP contribution in [0.25, 0.3) is 0 Å². The molecule has 1 aliphatic rings. The van der Waals surface area contributed by atoms with Crippen molar-refractivity contribution in [1.29, 1.82) is 0 Å². The smallest absolute Gasteiger partial charge is 0.335 e. The highest BCUT2D eigenvalue weighted by molar-refractivity contribution is 5.87. The number of hydrogen-bond acceptors (Lipinski definition) is 3. The zero-order valence-corrected chi connectivity index (χ0v) is 10.7. The van der Waals surface area contributed by atoms with Crippen LogP contribution in [0.1, 0.15) is 22.3 Å². The van der Waals surface area contributed by atoms with Gasteiger partial charge in [-0.25, -0.2) is 4.79 Å². The molecule has 5 heteroatoms. The summed E-state index contributed by atoms with van der Waals surface area (Å²) < 4.78 is 5.20. The van der Waals surface area contributed by atoms with Gasteiger partial charge >= 0.3 is 5.97 Å². The summed E-state index contributed by atoms with van der Waals surface area (Å²) in [6.07, 6.45) is 1.09. The monoisotopic (exact) mass is 263 g/mol. The van der Waals surface area contributed by atoms with Crippen LogP contribution in [0.2, 0.25) is 0 Å². The van der Waals surface area contributed by atoms with Gasteiger partial charge in [-0.05, 0) is 24.1 Å². The summed E-state index contributed by atoms with van der Waals surface area (Å²) in [5, 5.41) is 8.79. The molecule has 1 fully saturated rings. The molecule has 1 N–H and O–H groups in total. The van der Waals surface area contributed by atoms with Gasteiger partial charge in [0.25, 0.3) is 0 Å². The number of benzene rings is 1. The van der Waals surface area contributed by atoms with Crippen LogP contribution in [0.3, 0.4) is 0 Å². The molecule has 1 aliphatic heterocycles. The molecular formula is C14H17NO4. The maximum absolute atomic E-state index is 11.9. The van der Waals surface area contributed by atoms with E-state index in [1.165, 1.54) is 0 Å². The van der Waals surface area contributed by atoms with Crippen molar-refractivity contribution in [1.82, 2.24) is 4.90 Å². The third-order valence-corrected chi connectivity index (χ3v) is 3.19. The molecule has 1 amide bonds. The Labute approximate surface area is 111 Å². The van der Waals surface area contributed by atoms with Crippen molar-refractivity contribution >= 4 is 11.9 Å². The molecule has 0 aromatic heterocycles. The Bertz CT molecular complexity index is 449. The third kappa shape index (κ3) is 3.79. The van der Waals surface area contributed by atoms with Crippen LogP contribution in [-0.4, -0.2) is 48.2 Å². The number of morpholine rings is 1. The average Bonchev–Trinajstić information content (AvgIpc) is 2.46. The number of aryl methyl sites for hydroxylation is 1. The molecule has 5 nitrogen and oxygen atoms in total. The van der Waals surface area contributed by atoms with Gasteiger partial charge in [0.1, 0.15) is 0 Å². The first-order valence-electron chi connectivity index (χ1n) is 6.34. The molecule has 0 unspecified atom stereocenters. The first kappa shape index (κ1) is 13.5. The van der Waals surface area contributed by atoms with Gasteiger partial charge in [0.2, 0.25) is 5.91 Å². The van der Waals surface area contributed by atoms with Crippen LogP contribution < -0.4 is 0 Å². The fourth-order valence-electron chi connectivity index (χ4n) is 2.04. The zero-order chi connectivity index (χ0) is 13.7. The van der Waals surface area contributed by atoms with E-state index in [2.05, 4.69) is 0 Å². The lowest BCUT2D eigenvalue weighted by Crippen LogP contribution is -2.40. The van der Waals surface area contributed by atoms with Crippen molar-refractivity contribution in [2.75, 3.05) is 26.3 Å². The molecule has 0 bridgehead atoms. The van der Waals surface area contributed by atoms with E-state index in [9.17, 15) is 9.59 Å². The zero-order valence-electron chi connectivity index (χ0n) is 10.7. The van der Waals surface area contributed by atoms with Gasteiger partial charge in [0.05, 0.1) is 18.8 Å². The number of amides is 1. The minimum absolute atomic E-state index is 0.130. The van der Waals surface area contributed by atoms with Gasteiger partial charge in [-0.15, -0.1) is 0 Å². The number of nitrogens with zero attached hydrogens (tertiary/aromatic N) is 1. The summed E-state index contributed by atoms with van der Waals surface area (Å²) in [5.41, 5.74) is 1.25. The van der Waals surface area contributed by atoms with E-state index < -0.39 is 5.97 Å². The molecule has 102 valence electrons. The van der Waals surface area contributed by atoms with Crippen LogP contribution >= 0.6 is 0 Å². The summed E-state index contributed by atoms with van der Waals surface area (Å²) in [6.45, 7) is 2.55. The minimum Gasteiger partial charge on any atom is -0.478 e. The van der Waals surface area contributed by atoms with E-state index in [1.54, 1.807) is 24.3 Å². The molecule has 0 aliphatic carbocycles. The van der Waals surface area contributed by atoms with Crippen LogP contribution in [-0.2, 0) is 16.0 Å². The first-order valence-corrected chi connectivity index (χ1v) is 6.34. The quantitative estimate of drug-likeness (QED) is 0.885. The SMILES string of the molecule is O=C(O)c1ccc(CCC(=O)N2CCOCC2)cc1. The van der Waals surface area contributed by atoms with Gasteiger partial charge in [0, 0.05) is 19.5 Å². The number of carboxylic acids is 1. The standard InChI is InChI=1S/C14H17NO4/c16-13(15-7-9-19-10-8-15)6-3-11-1-4-12(5-2-11)14(17)18/h1-2,4-5H,3,6-10H2,(H,17,18). The Morgan fingerprint density at radius 2 is 1.79 bits per heavy atom. The molecule has 2 rings (SSSR count). The topological polar surface area (TPSA) is 66.8 Å². The largest absolute Gasteiger partial charge is 0.478 e. The first-order chi connectivity index (χ1) is 9.16. The Morgan fingerprint density at radius 1 is 1.16 bits per heavy atom. The van der Waals surface area contributed by atoms with E-state index in [0.29, 0.717) is 39.1 Å². The Kier molecular flexibility index (Phi) is 4.52. The molecule has 0 atom stereocenters. The highest BCUT2D eigenvalue weighted by Gasteiger charge is 2.16. The molecule has 1 saturated heterocycles.